The van der Waals surface area contributed by atoms with Crippen LogP contribution in [0.2, 0.25) is 0 Å². The zero-order chi connectivity index (χ0) is 14.0. The van der Waals surface area contributed by atoms with Gasteiger partial charge in [0, 0.05) is 13.6 Å². The van der Waals surface area contributed by atoms with Crippen molar-refractivity contribution in [3.63, 3.8) is 0 Å². The first kappa shape index (κ1) is 13.4. The molecule has 1 atom stereocenters. The van der Waals surface area contributed by atoms with Gasteiger partial charge in [0.15, 0.2) is 6.10 Å². The van der Waals surface area contributed by atoms with E-state index in [-0.39, 0.29) is 0 Å². The minimum atomic E-state index is -0.625. The van der Waals surface area contributed by atoms with Crippen molar-refractivity contribution in [3.05, 3.63) is 11.3 Å². The maximum absolute atomic E-state index is 11.5. The summed E-state index contributed by atoms with van der Waals surface area (Å²) in [5.74, 6) is 0.319. The third-order valence-corrected chi connectivity index (χ3v) is 3.13. The van der Waals surface area contributed by atoms with Crippen molar-refractivity contribution in [2.75, 3.05) is 31.7 Å². The van der Waals surface area contributed by atoms with Crippen LogP contribution in [-0.4, -0.2) is 48.7 Å². The molecule has 1 unspecified atom stereocenters. The van der Waals surface area contributed by atoms with Gasteiger partial charge in [-0.15, -0.1) is 0 Å². The molecule has 7 heteroatoms. The van der Waals surface area contributed by atoms with E-state index in [0.29, 0.717) is 31.0 Å². The fourth-order valence-corrected chi connectivity index (χ4v) is 2.26. The van der Waals surface area contributed by atoms with Gasteiger partial charge in [-0.3, -0.25) is 4.68 Å². The first-order valence-corrected chi connectivity index (χ1v) is 5.96. The lowest BCUT2D eigenvalue weighted by Crippen LogP contribution is -2.47. The lowest BCUT2D eigenvalue weighted by atomic mass is 10.2. The highest BCUT2D eigenvalue weighted by molar-refractivity contribution is 5.76. The molecule has 1 fully saturated rings. The molecule has 0 saturated carbocycles. The Bertz CT molecular complexity index is 532. The molecule has 0 amide bonds. The minimum Gasteiger partial charge on any atom is -0.467 e. The number of hydrogen-bond acceptors (Lipinski definition) is 6. The SMILES string of the molecule is COC(=O)C1CN(c2c(C#N)c(C)nn2C)CCO1. The van der Waals surface area contributed by atoms with Crippen molar-refractivity contribution in [2.45, 2.75) is 13.0 Å². The Morgan fingerprint density at radius 3 is 3.00 bits per heavy atom. The van der Waals surface area contributed by atoms with Crippen LogP contribution in [0.25, 0.3) is 0 Å². The van der Waals surface area contributed by atoms with Crippen LogP contribution in [0.3, 0.4) is 0 Å². The molecular formula is C12H16N4O3. The molecule has 1 aliphatic rings. The monoisotopic (exact) mass is 264 g/mol. The van der Waals surface area contributed by atoms with E-state index in [0.717, 1.165) is 5.82 Å². The number of nitriles is 1. The molecule has 19 heavy (non-hydrogen) atoms. The van der Waals surface area contributed by atoms with Gasteiger partial charge < -0.3 is 14.4 Å². The second-order valence-electron chi connectivity index (χ2n) is 4.35. The molecule has 1 aliphatic heterocycles. The summed E-state index contributed by atoms with van der Waals surface area (Å²) in [6, 6.07) is 2.16. The number of aryl methyl sites for hydroxylation is 2. The van der Waals surface area contributed by atoms with E-state index in [1.165, 1.54) is 7.11 Å². The van der Waals surface area contributed by atoms with Crippen molar-refractivity contribution in [1.29, 1.82) is 5.26 Å². The van der Waals surface area contributed by atoms with E-state index in [2.05, 4.69) is 15.9 Å². The average molecular weight is 264 g/mol. The number of carbonyl (C=O) groups is 1. The average Bonchev–Trinajstić information content (AvgIpc) is 2.71. The Morgan fingerprint density at radius 1 is 1.63 bits per heavy atom. The third kappa shape index (κ3) is 2.39. The highest BCUT2D eigenvalue weighted by Gasteiger charge is 2.30. The molecule has 0 spiro atoms. The molecule has 0 radical (unpaired) electrons. The summed E-state index contributed by atoms with van der Waals surface area (Å²) in [5.41, 5.74) is 1.22. The van der Waals surface area contributed by atoms with Crippen molar-refractivity contribution in [1.82, 2.24) is 9.78 Å². The summed E-state index contributed by atoms with van der Waals surface area (Å²) < 4.78 is 11.7. The summed E-state index contributed by atoms with van der Waals surface area (Å²) >= 11 is 0. The van der Waals surface area contributed by atoms with Gasteiger partial charge in [0.2, 0.25) is 0 Å². The van der Waals surface area contributed by atoms with E-state index in [1.54, 1.807) is 18.7 Å². The summed E-state index contributed by atoms with van der Waals surface area (Å²) in [5, 5.41) is 13.5. The van der Waals surface area contributed by atoms with E-state index < -0.39 is 12.1 Å². The van der Waals surface area contributed by atoms with Crippen molar-refractivity contribution in [3.8, 4) is 6.07 Å². The van der Waals surface area contributed by atoms with Crippen LogP contribution in [0.4, 0.5) is 5.82 Å². The van der Waals surface area contributed by atoms with Crippen LogP contribution in [-0.2, 0) is 21.3 Å². The number of anilines is 1. The summed E-state index contributed by atoms with van der Waals surface area (Å²) in [4.78, 5) is 13.5. The smallest absolute Gasteiger partial charge is 0.336 e. The first-order valence-electron chi connectivity index (χ1n) is 5.96. The van der Waals surface area contributed by atoms with Crippen LogP contribution in [0, 0.1) is 18.3 Å². The van der Waals surface area contributed by atoms with Gasteiger partial charge in [0.25, 0.3) is 0 Å². The van der Waals surface area contributed by atoms with Crippen molar-refractivity contribution in [2.24, 2.45) is 7.05 Å². The predicted molar refractivity (Wildman–Crippen MR) is 66.6 cm³/mol. The Balaban J connectivity index is 2.27. The maximum Gasteiger partial charge on any atom is 0.336 e. The van der Waals surface area contributed by atoms with Gasteiger partial charge >= 0.3 is 5.97 Å². The molecule has 0 aromatic carbocycles. The first-order chi connectivity index (χ1) is 9.08. The molecule has 0 bridgehead atoms. The zero-order valence-electron chi connectivity index (χ0n) is 11.2. The molecular weight excluding hydrogens is 248 g/mol. The number of aromatic nitrogens is 2. The largest absolute Gasteiger partial charge is 0.467 e. The predicted octanol–water partition coefficient (Wildman–Crippen LogP) is -0.0216. The number of nitrogens with zero attached hydrogens (tertiary/aromatic N) is 4. The Morgan fingerprint density at radius 2 is 2.37 bits per heavy atom. The molecule has 102 valence electrons. The minimum absolute atomic E-state index is 0.361. The number of hydrogen-bond donors (Lipinski definition) is 0. The fourth-order valence-electron chi connectivity index (χ4n) is 2.26. The highest BCUT2D eigenvalue weighted by atomic mass is 16.6. The number of ether oxygens (including phenoxy) is 2. The van der Waals surface area contributed by atoms with Gasteiger partial charge in [-0.2, -0.15) is 10.4 Å². The summed E-state index contributed by atoms with van der Waals surface area (Å²) in [6.07, 6.45) is -0.625. The Labute approximate surface area is 111 Å². The number of esters is 1. The third-order valence-electron chi connectivity index (χ3n) is 3.13. The Hall–Kier alpha value is -2.07. The molecule has 7 nitrogen and oxygen atoms in total. The van der Waals surface area contributed by atoms with Gasteiger partial charge in [0.05, 0.1) is 26.0 Å². The van der Waals surface area contributed by atoms with Crippen LogP contribution in [0.1, 0.15) is 11.3 Å². The molecule has 0 aliphatic carbocycles. The summed E-state index contributed by atoms with van der Waals surface area (Å²) in [6.45, 7) is 3.18. The Kier molecular flexibility index (Phi) is 3.71. The maximum atomic E-state index is 11.5. The molecule has 2 rings (SSSR count). The van der Waals surface area contributed by atoms with Crippen molar-refractivity contribution < 1.29 is 14.3 Å². The number of methoxy groups -OCH3 is 1. The van der Waals surface area contributed by atoms with Crippen LogP contribution >= 0.6 is 0 Å². The van der Waals surface area contributed by atoms with Crippen LogP contribution < -0.4 is 4.90 Å². The lowest BCUT2D eigenvalue weighted by Gasteiger charge is -2.32. The molecule has 1 aromatic heterocycles. The number of rotatable bonds is 2. The molecule has 2 heterocycles. The quantitative estimate of drug-likeness (QED) is 0.698. The van der Waals surface area contributed by atoms with Crippen molar-refractivity contribution >= 4 is 11.8 Å². The summed E-state index contributed by atoms with van der Waals surface area (Å²) in [7, 11) is 3.12. The number of carbonyl (C=O) groups excluding carboxylic acids is 1. The van der Waals surface area contributed by atoms with E-state index in [9.17, 15) is 10.1 Å². The highest BCUT2D eigenvalue weighted by Crippen LogP contribution is 2.24. The lowest BCUT2D eigenvalue weighted by molar-refractivity contribution is -0.154. The molecule has 1 aromatic rings. The fraction of sp³-hybridized carbons (Fsp3) is 0.583. The van der Waals surface area contributed by atoms with E-state index in [1.807, 2.05) is 4.90 Å². The zero-order valence-corrected chi connectivity index (χ0v) is 11.2. The van der Waals surface area contributed by atoms with Crippen LogP contribution in [0.5, 0.6) is 0 Å². The van der Waals surface area contributed by atoms with Gasteiger partial charge in [-0.25, -0.2) is 4.79 Å². The van der Waals surface area contributed by atoms with Gasteiger partial charge in [0.1, 0.15) is 17.5 Å². The van der Waals surface area contributed by atoms with E-state index >= 15 is 0 Å². The van der Waals surface area contributed by atoms with Gasteiger partial charge in [-0.1, -0.05) is 0 Å². The number of morpholine rings is 1. The van der Waals surface area contributed by atoms with E-state index in [4.69, 9.17) is 4.74 Å². The normalized spacial score (nSPS) is 19.1. The van der Waals surface area contributed by atoms with Gasteiger partial charge in [-0.05, 0) is 6.92 Å². The second kappa shape index (κ2) is 5.28. The molecule has 0 N–H and O–H groups in total. The standard InChI is InChI=1S/C12H16N4O3/c1-8-9(6-13)11(15(2)14-8)16-4-5-19-10(7-16)12(17)18-3/h10H,4-5,7H2,1-3H3. The topological polar surface area (TPSA) is 80.4 Å². The van der Waals surface area contributed by atoms with Crippen LogP contribution in [0.15, 0.2) is 0 Å². The molecule has 1 saturated heterocycles. The second-order valence-corrected chi connectivity index (χ2v) is 4.35.